The Bertz CT molecular complexity index is 806. The van der Waals surface area contributed by atoms with E-state index in [4.69, 9.17) is 4.52 Å². The van der Waals surface area contributed by atoms with Crippen LogP contribution in [0.4, 0.5) is 0 Å². The summed E-state index contributed by atoms with van der Waals surface area (Å²) in [4.78, 5) is 11.4. The Morgan fingerprint density at radius 2 is 1.92 bits per heavy atom. The molecule has 24 heavy (non-hydrogen) atoms. The second kappa shape index (κ2) is 6.74. The number of sulfonamides is 1. The molecule has 0 radical (unpaired) electrons. The van der Waals surface area contributed by atoms with Gasteiger partial charge in [-0.25, -0.2) is 8.42 Å². The average molecular weight is 352 g/mol. The molecule has 2 aromatic rings. The molecule has 1 aromatic carbocycles. The molecule has 1 aromatic heterocycles. The zero-order valence-electron chi connectivity index (χ0n) is 13.7. The van der Waals surface area contributed by atoms with Gasteiger partial charge in [0.25, 0.3) is 0 Å². The van der Waals surface area contributed by atoms with Crippen molar-refractivity contribution in [2.24, 2.45) is 0 Å². The Kier molecular flexibility index (Phi) is 5.10. The van der Waals surface area contributed by atoms with Crippen molar-refractivity contribution in [2.45, 2.75) is 38.0 Å². The minimum absolute atomic E-state index is 0.227. The van der Waals surface area contributed by atoms with E-state index >= 15 is 0 Å². The highest BCUT2D eigenvalue weighted by molar-refractivity contribution is 7.88. The zero-order valence-corrected chi connectivity index (χ0v) is 14.5. The van der Waals surface area contributed by atoms with Crippen molar-refractivity contribution in [3.63, 3.8) is 0 Å². The largest absolute Gasteiger partial charge is 0.480 e. The van der Waals surface area contributed by atoms with E-state index in [1.54, 1.807) is 36.4 Å². The number of aromatic nitrogens is 1. The van der Waals surface area contributed by atoms with Gasteiger partial charge in [0, 0.05) is 11.5 Å². The van der Waals surface area contributed by atoms with Crippen LogP contribution in [-0.4, -0.2) is 24.7 Å². The van der Waals surface area contributed by atoms with Crippen molar-refractivity contribution < 1.29 is 22.8 Å². The number of nitrogens with one attached hydrogen (secondary N) is 1. The van der Waals surface area contributed by atoms with Gasteiger partial charge in [0.05, 0.1) is 0 Å². The van der Waals surface area contributed by atoms with Gasteiger partial charge in [0.15, 0.2) is 0 Å². The number of hydrogen-bond donors (Lipinski definition) is 2. The molecule has 130 valence electrons. The number of rotatable bonds is 6. The van der Waals surface area contributed by atoms with Crippen LogP contribution < -0.4 is 4.72 Å². The standard InChI is InChI=1S/C16H20N2O5S/c1-16(2,3)13-9-12(17-23-13)10-24(21,22)18-14(15(19)20)11-7-5-4-6-8-11/h4-9,14,18H,10H2,1-3H3,(H,19,20)/t14-/m0/s1. The van der Waals surface area contributed by atoms with E-state index in [-0.39, 0.29) is 11.1 Å². The van der Waals surface area contributed by atoms with Crippen LogP contribution in [0.1, 0.15) is 43.8 Å². The quantitative estimate of drug-likeness (QED) is 0.825. The van der Waals surface area contributed by atoms with E-state index < -0.39 is 27.8 Å². The Balaban J connectivity index is 2.18. The van der Waals surface area contributed by atoms with Gasteiger partial charge >= 0.3 is 5.97 Å². The molecule has 1 atom stereocenters. The second-order valence-corrected chi connectivity index (χ2v) is 8.25. The Hall–Kier alpha value is -2.19. The first-order valence-electron chi connectivity index (χ1n) is 7.32. The minimum atomic E-state index is -3.91. The van der Waals surface area contributed by atoms with Crippen molar-refractivity contribution in [1.82, 2.24) is 9.88 Å². The number of hydrogen-bond acceptors (Lipinski definition) is 5. The molecule has 1 heterocycles. The SMILES string of the molecule is CC(C)(C)c1cc(CS(=O)(=O)N[C@H](C(=O)O)c2ccccc2)no1. The van der Waals surface area contributed by atoms with E-state index in [1.165, 1.54) is 0 Å². The van der Waals surface area contributed by atoms with Gasteiger partial charge < -0.3 is 9.63 Å². The summed E-state index contributed by atoms with van der Waals surface area (Å²) in [6.07, 6.45) is 0. The number of aliphatic carboxylic acids is 1. The zero-order chi connectivity index (χ0) is 18.0. The summed E-state index contributed by atoms with van der Waals surface area (Å²) in [6.45, 7) is 5.75. The van der Waals surface area contributed by atoms with Crippen LogP contribution >= 0.6 is 0 Å². The van der Waals surface area contributed by atoms with Gasteiger partial charge in [0.2, 0.25) is 10.0 Å². The molecule has 0 spiro atoms. The van der Waals surface area contributed by atoms with E-state index in [9.17, 15) is 18.3 Å². The fourth-order valence-corrected chi connectivity index (χ4v) is 3.26. The van der Waals surface area contributed by atoms with Gasteiger partial charge in [-0.2, -0.15) is 4.72 Å². The lowest BCUT2D eigenvalue weighted by Crippen LogP contribution is -2.34. The molecule has 0 amide bonds. The lowest BCUT2D eigenvalue weighted by Gasteiger charge is -2.14. The lowest BCUT2D eigenvalue weighted by atomic mass is 9.93. The van der Waals surface area contributed by atoms with Crippen LogP contribution in [0.2, 0.25) is 0 Å². The van der Waals surface area contributed by atoms with Crippen molar-refractivity contribution in [3.8, 4) is 0 Å². The first-order chi connectivity index (χ1) is 11.1. The highest BCUT2D eigenvalue weighted by Crippen LogP contribution is 2.23. The van der Waals surface area contributed by atoms with Gasteiger partial charge in [-0.05, 0) is 5.56 Å². The molecular weight excluding hydrogens is 332 g/mol. The van der Waals surface area contributed by atoms with Crippen molar-refractivity contribution in [3.05, 3.63) is 53.4 Å². The Labute approximate surface area is 140 Å². The van der Waals surface area contributed by atoms with Gasteiger partial charge in [-0.1, -0.05) is 56.3 Å². The molecule has 0 saturated heterocycles. The second-order valence-electron chi connectivity index (χ2n) is 6.49. The molecule has 0 aliphatic rings. The van der Waals surface area contributed by atoms with E-state index in [1.807, 2.05) is 20.8 Å². The van der Waals surface area contributed by atoms with E-state index in [2.05, 4.69) is 9.88 Å². The molecule has 0 saturated carbocycles. The first kappa shape index (κ1) is 18.2. The van der Waals surface area contributed by atoms with Crippen molar-refractivity contribution in [1.29, 1.82) is 0 Å². The topological polar surface area (TPSA) is 110 Å². The number of nitrogens with zero attached hydrogens (tertiary/aromatic N) is 1. The summed E-state index contributed by atoms with van der Waals surface area (Å²) in [5.74, 6) is -1.17. The van der Waals surface area contributed by atoms with Gasteiger partial charge in [0.1, 0.15) is 23.2 Å². The fraction of sp³-hybridized carbons (Fsp3) is 0.375. The predicted molar refractivity (Wildman–Crippen MR) is 87.8 cm³/mol. The third-order valence-corrected chi connectivity index (χ3v) is 4.58. The molecule has 0 aliphatic carbocycles. The number of carboxylic acids is 1. The van der Waals surface area contributed by atoms with Crippen LogP contribution in [0.25, 0.3) is 0 Å². The maximum absolute atomic E-state index is 12.3. The number of carboxylic acid groups (broad SMARTS) is 1. The highest BCUT2D eigenvalue weighted by Gasteiger charge is 2.27. The van der Waals surface area contributed by atoms with E-state index in [0.29, 0.717) is 11.3 Å². The van der Waals surface area contributed by atoms with Crippen LogP contribution in [0.3, 0.4) is 0 Å². The molecule has 0 aliphatic heterocycles. The lowest BCUT2D eigenvalue weighted by molar-refractivity contribution is -0.139. The maximum Gasteiger partial charge on any atom is 0.326 e. The fourth-order valence-electron chi connectivity index (χ4n) is 2.06. The highest BCUT2D eigenvalue weighted by atomic mass is 32.2. The summed E-state index contributed by atoms with van der Waals surface area (Å²) in [7, 11) is -3.91. The summed E-state index contributed by atoms with van der Waals surface area (Å²) < 4.78 is 31.9. The molecule has 8 heteroatoms. The third-order valence-electron chi connectivity index (χ3n) is 3.31. The molecule has 2 rings (SSSR count). The summed E-state index contributed by atoms with van der Waals surface area (Å²) in [6, 6.07) is 8.33. The molecule has 0 fully saturated rings. The van der Waals surface area contributed by atoms with Crippen LogP contribution in [-0.2, 0) is 26.0 Å². The smallest absolute Gasteiger partial charge is 0.326 e. The monoisotopic (exact) mass is 352 g/mol. The predicted octanol–water partition coefficient (Wildman–Crippen LogP) is 2.22. The minimum Gasteiger partial charge on any atom is -0.480 e. The number of carbonyl (C=O) groups is 1. The number of benzene rings is 1. The maximum atomic E-state index is 12.3. The Morgan fingerprint density at radius 1 is 1.29 bits per heavy atom. The normalized spacial score (nSPS) is 13.6. The summed E-state index contributed by atoms with van der Waals surface area (Å²) >= 11 is 0. The van der Waals surface area contributed by atoms with Gasteiger partial charge in [-0.3, -0.25) is 4.79 Å². The molecule has 0 unspecified atom stereocenters. The van der Waals surface area contributed by atoms with Crippen LogP contribution in [0.15, 0.2) is 40.9 Å². The third kappa shape index (κ3) is 4.65. The molecule has 7 nitrogen and oxygen atoms in total. The molecule has 0 bridgehead atoms. The first-order valence-corrected chi connectivity index (χ1v) is 8.97. The molecular formula is C16H20N2O5S. The molecule has 2 N–H and O–H groups in total. The van der Waals surface area contributed by atoms with Crippen LogP contribution in [0.5, 0.6) is 0 Å². The Morgan fingerprint density at radius 3 is 2.42 bits per heavy atom. The van der Waals surface area contributed by atoms with Crippen LogP contribution in [0, 0.1) is 0 Å². The van der Waals surface area contributed by atoms with Crippen molar-refractivity contribution >= 4 is 16.0 Å². The average Bonchev–Trinajstić information content (AvgIpc) is 2.93. The van der Waals surface area contributed by atoms with E-state index in [0.717, 1.165) is 0 Å². The summed E-state index contributed by atoms with van der Waals surface area (Å²) in [5, 5.41) is 13.1. The van der Waals surface area contributed by atoms with Gasteiger partial charge in [-0.15, -0.1) is 0 Å². The van der Waals surface area contributed by atoms with Crippen molar-refractivity contribution in [2.75, 3.05) is 0 Å². The summed E-state index contributed by atoms with van der Waals surface area (Å²) in [5.41, 5.74) is 0.282.